The van der Waals surface area contributed by atoms with Crippen LogP contribution in [0.25, 0.3) is 0 Å². The molecule has 7 nitrogen and oxygen atoms in total. The lowest BCUT2D eigenvalue weighted by molar-refractivity contribution is -0.385. The Hall–Kier alpha value is -1.42. The highest BCUT2D eigenvalue weighted by molar-refractivity contribution is 14.0. The van der Waals surface area contributed by atoms with E-state index in [-0.39, 0.29) is 34.6 Å². The minimum absolute atomic E-state index is 0. The zero-order valence-corrected chi connectivity index (χ0v) is 17.6. The molecular weight excluding hydrogens is 447 g/mol. The molecule has 0 aliphatic heterocycles. The van der Waals surface area contributed by atoms with Crippen LogP contribution in [0.5, 0.6) is 0 Å². The van der Waals surface area contributed by atoms with Gasteiger partial charge in [-0.1, -0.05) is 43.9 Å². The summed E-state index contributed by atoms with van der Waals surface area (Å²) in [7, 11) is 1.68. The molecule has 0 radical (unpaired) electrons. The summed E-state index contributed by atoms with van der Waals surface area (Å²) >= 11 is 0. The van der Waals surface area contributed by atoms with Gasteiger partial charge in [-0.3, -0.25) is 15.1 Å². The number of para-hydroxylation sites is 1. The smallest absolute Gasteiger partial charge is 0.274 e. The number of rotatable bonds is 7. The highest BCUT2D eigenvalue weighted by Crippen LogP contribution is 2.19. The van der Waals surface area contributed by atoms with Crippen LogP contribution in [0.3, 0.4) is 0 Å². The number of nitrogens with one attached hydrogen (secondary N) is 2. The summed E-state index contributed by atoms with van der Waals surface area (Å²) in [4.78, 5) is 14.8. The molecule has 1 fully saturated rings. The molecule has 1 aliphatic carbocycles. The molecule has 1 saturated carbocycles. The van der Waals surface area contributed by atoms with E-state index in [1.54, 1.807) is 25.2 Å². The second kappa shape index (κ2) is 12.9. The van der Waals surface area contributed by atoms with Gasteiger partial charge in [-0.15, -0.1) is 24.0 Å². The van der Waals surface area contributed by atoms with E-state index in [0.29, 0.717) is 37.3 Å². The van der Waals surface area contributed by atoms with Gasteiger partial charge in [0.2, 0.25) is 0 Å². The van der Waals surface area contributed by atoms with Crippen molar-refractivity contribution >= 4 is 35.6 Å². The molecule has 0 atom stereocenters. The first-order valence-corrected chi connectivity index (χ1v) is 8.99. The molecule has 0 bridgehead atoms. The van der Waals surface area contributed by atoms with Gasteiger partial charge in [0.25, 0.3) is 5.69 Å². The summed E-state index contributed by atoms with van der Waals surface area (Å²) in [6.45, 7) is 1.64. The normalized spacial score (nSPS) is 15.7. The SMILES string of the molecule is CN=C(NCCOC1CCCCCC1)NCc1ccccc1[N+](=O)[O-].I. The Morgan fingerprint density at radius 1 is 1.23 bits per heavy atom. The molecule has 0 aromatic heterocycles. The third-order valence-electron chi connectivity index (χ3n) is 4.41. The third-order valence-corrected chi connectivity index (χ3v) is 4.41. The fourth-order valence-corrected chi connectivity index (χ4v) is 3.04. The van der Waals surface area contributed by atoms with E-state index >= 15 is 0 Å². The van der Waals surface area contributed by atoms with Gasteiger partial charge in [0, 0.05) is 31.8 Å². The molecule has 0 heterocycles. The van der Waals surface area contributed by atoms with E-state index in [2.05, 4.69) is 15.6 Å². The molecule has 2 rings (SSSR count). The molecule has 1 aromatic carbocycles. The van der Waals surface area contributed by atoms with E-state index in [1.807, 2.05) is 0 Å². The number of nitrogens with zero attached hydrogens (tertiary/aromatic N) is 2. The molecule has 8 heteroatoms. The number of ether oxygens (including phenoxy) is 1. The van der Waals surface area contributed by atoms with Crippen molar-refractivity contribution in [1.82, 2.24) is 10.6 Å². The number of nitro groups is 1. The van der Waals surface area contributed by atoms with Crippen LogP contribution in [0, 0.1) is 10.1 Å². The Labute approximate surface area is 172 Å². The van der Waals surface area contributed by atoms with Crippen molar-refractivity contribution in [2.75, 3.05) is 20.2 Å². The molecule has 1 aromatic rings. The Morgan fingerprint density at radius 3 is 2.58 bits per heavy atom. The van der Waals surface area contributed by atoms with Crippen molar-refractivity contribution in [2.45, 2.75) is 51.2 Å². The van der Waals surface area contributed by atoms with E-state index in [4.69, 9.17) is 4.74 Å². The zero-order valence-electron chi connectivity index (χ0n) is 15.3. The quantitative estimate of drug-likeness (QED) is 0.119. The Morgan fingerprint density at radius 2 is 1.92 bits per heavy atom. The van der Waals surface area contributed by atoms with Crippen LogP contribution in [0.1, 0.15) is 44.1 Å². The summed E-state index contributed by atoms with van der Waals surface area (Å²) in [6, 6.07) is 6.71. The van der Waals surface area contributed by atoms with Crippen LogP contribution in [0.15, 0.2) is 29.3 Å². The fourth-order valence-electron chi connectivity index (χ4n) is 3.04. The van der Waals surface area contributed by atoms with E-state index in [9.17, 15) is 10.1 Å². The number of hydrogen-bond acceptors (Lipinski definition) is 4. The van der Waals surface area contributed by atoms with Gasteiger partial charge in [-0.05, 0) is 12.8 Å². The topological polar surface area (TPSA) is 88.8 Å². The third kappa shape index (κ3) is 7.86. The second-order valence-corrected chi connectivity index (χ2v) is 6.22. The van der Waals surface area contributed by atoms with E-state index in [1.165, 1.54) is 31.7 Å². The molecular formula is C18H29IN4O3. The number of nitro benzene ring substituents is 1. The van der Waals surface area contributed by atoms with Gasteiger partial charge in [-0.2, -0.15) is 0 Å². The van der Waals surface area contributed by atoms with Crippen LogP contribution in [0.2, 0.25) is 0 Å². The van der Waals surface area contributed by atoms with E-state index in [0.717, 1.165) is 12.8 Å². The van der Waals surface area contributed by atoms with Crippen LogP contribution in [-0.2, 0) is 11.3 Å². The van der Waals surface area contributed by atoms with Crippen molar-refractivity contribution < 1.29 is 9.66 Å². The Bertz CT molecular complexity index is 575. The Balaban J connectivity index is 0.00000338. The first-order valence-electron chi connectivity index (χ1n) is 8.99. The highest BCUT2D eigenvalue weighted by atomic mass is 127. The maximum absolute atomic E-state index is 11.0. The van der Waals surface area contributed by atoms with Gasteiger partial charge < -0.3 is 15.4 Å². The molecule has 0 saturated heterocycles. The van der Waals surface area contributed by atoms with Gasteiger partial charge in [0.15, 0.2) is 5.96 Å². The van der Waals surface area contributed by atoms with Crippen molar-refractivity contribution in [1.29, 1.82) is 0 Å². The maximum atomic E-state index is 11.0. The highest BCUT2D eigenvalue weighted by Gasteiger charge is 2.13. The van der Waals surface area contributed by atoms with Crippen molar-refractivity contribution in [3.63, 3.8) is 0 Å². The summed E-state index contributed by atoms with van der Waals surface area (Å²) < 4.78 is 5.94. The van der Waals surface area contributed by atoms with Gasteiger partial charge in [0.05, 0.1) is 17.6 Å². The first-order chi connectivity index (χ1) is 12.2. The maximum Gasteiger partial charge on any atom is 0.274 e. The summed E-state index contributed by atoms with van der Waals surface area (Å²) in [5, 5.41) is 17.3. The second-order valence-electron chi connectivity index (χ2n) is 6.22. The average Bonchev–Trinajstić information content (AvgIpc) is 2.90. The number of aliphatic imine (C=N–C) groups is 1. The number of hydrogen-bond donors (Lipinski definition) is 2. The Kier molecular flexibility index (Phi) is 11.2. The number of halogens is 1. The van der Waals surface area contributed by atoms with Gasteiger partial charge in [-0.25, -0.2) is 0 Å². The fraction of sp³-hybridized carbons (Fsp3) is 0.611. The molecule has 0 unspecified atom stereocenters. The number of benzene rings is 1. The summed E-state index contributed by atoms with van der Waals surface area (Å²) in [5.74, 6) is 0.614. The van der Waals surface area contributed by atoms with Gasteiger partial charge >= 0.3 is 0 Å². The molecule has 146 valence electrons. The average molecular weight is 476 g/mol. The minimum Gasteiger partial charge on any atom is -0.376 e. The standard InChI is InChI=1S/C18H28N4O3.HI/c1-19-18(20-12-13-25-16-9-4-2-3-5-10-16)21-14-15-8-6-7-11-17(15)22(23)24;/h6-8,11,16H,2-5,9-10,12-14H2,1H3,(H2,19,20,21);1H. The lowest BCUT2D eigenvalue weighted by Crippen LogP contribution is -2.39. The first kappa shape index (κ1) is 22.6. The minimum atomic E-state index is -0.367. The van der Waals surface area contributed by atoms with Crippen molar-refractivity contribution in [2.24, 2.45) is 4.99 Å². The van der Waals surface area contributed by atoms with Crippen molar-refractivity contribution in [3.8, 4) is 0 Å². The number of guanidine groups is 1. The van der Waals surface area contributed by atoms with Crippen LogP contribution in [0.4, 0.5) is 5.69 Å². The molecule has 0 spiro atoms. The van der Waals surface area contributed by atoms with Gasteiger partial charge in [0.1, 0.15) is 0 Å². The van der Waals surface area contributed by atoms with Crippen molar-refractivity contribution in [3.05, 3.63) is 39.9 Å². The molecule has 0 amide bonds. The lowest BCUT2D eigenvalue weighted by Gasteiger charge is -2.16. The molecule has 1 aliphatic rings. The van der Waals surface area contributed by atoms with Crippen LogP contribution < -0.4 is 10.6 Å². The summed E-state index contributed by atoms with van der Waals surface area (Å²) in [6.07, 6.45) is 7.86. The summed E-state index contributed by atoms with van der Waals surface area (Å²) in [5.41, 5.74) is 0.743. The largest absolute Gasteiger partial charge is 0.376 e. The predicted octanol–water partition coefficient (Wildman–Crippen LogP) is 3.62. The zero-order chi connectivity index (χ0) is 17.9. The van der Waals surface area contributed by atoms with Crippen LogP contribution in [-0.4, -0.2) is 37.2 Å². The lowest BCUT2D eigenvalue weighted by atomic mass is 10.1. The van der Waals surface area contributed by atoms with E-state index < -0.39 is 0 Å². The molecule has 2 N–H and O–H groups in total. The predicted molar refractivity (Wildman–Crippen MR) is 114 cm³/mol. The monoisotopic (exact) mass is 476 g/mol. The van der Waals surface area contributed by atoms with Crippen LogP contribution >= 0.6 is 24.0 Å². The molecule has 26 heavy (non-hydrogen) atoms.